The molecule has 1 heteroatoms. The predicted octanol–water partition coefficient (Wildman–Crippen LogP) is 4.35. The van der Waals surface area contributed by atoms with Crippen molar-refractivity contribution >= 4 is 15.9 Å². The molecule has 0 spiro atoms. The summed E-state index contributed by atoms with van der Waals surface area (Å²) in [5.41, 5.74) is 3.47. The summed E-state index contributed by atoms with van der Waals surface area (Å²) in [5, 5.41) is 0. The molecule has 0 heterocycles. The van der Waals surface area contributed by atoms with Gasteiger partial charge in [-0.3, -0.25) is 0 Å². The molecule has 1 saturated carbocycles. The number of halogens is 1. The zero-order valence-corrected chi connectivity index (χ0v) is 11.3. The minimum absolute atomic E-state index is 0.566. The number of rotatable bonds is 3. The number of benzene rings is 1. The van der Waals surface area contributed by atoms with Crippen molar-refractivity contribution in [2.24, 2.45) is 11.3 Å². The van der Waals surface area contributed by atoms with Gasteiger partial charge in [-0.25, -0.2) is 0 Å². The van der Waals surface area contributed by atoms with E-state index in [2.05, 4.69) is 61.0 Å². The van der Waals surface area contributed by atoms with Gasteiger partial charge in [-0.1, -0.05) is 54.0 Å². The average Bonchev–Trinajstić information content (AvgIpc) is 2.79. The van der Waals surface area contributed by atoms with Crippen LogP contribution in [0.1, 0.15) is 31.4 Å². The highest BCUT2D eigenvalue weighted by molar-refractivity contribution is 9.09. The second-order valence-electron chi connectivity index (χ2n) is 5.45. The Bertz CT molecular complexity index is 354. The van der Waals surface area contributed by atoms with Crippen LogP contribution >= 0.6 is 15.9 Å². The summed E-state index contributed by atoms with van der Waals surface area (Å²) in [7, 11) is 0. The van der Waals surface area contributed by atoms with Gasteiger partial charge in [-0.05, 0) is 42.2 Å². The summed E-state index contributed by atoms with van der Waals surface area (Å²) in [6.45, 7) is 6.93. The molecule has 0 nitrogen and oxygen atoms in total. The van der Waals surface area contributed by atoms with E-state index in [9.17, 15) is 0 Å². The molecule has 0 radical (unpaired) electrons. The Morgan fingerprint density at radius 2 is 2.00 bits per heavy atom. The zero-order chi connectivity index (χ0) is 11.1. The summed E-state index contributed by atoms with van der Waals surface area (Å²) < 4.78 is 0. The van der Waals surface area contributed by atoms with Crippen LogP contribution in [0.3, 0.4) is 0 Å². The number of hydrogen-bond donors (Lipinski definition) is 0. The van der Waals surface area contributed by atoms with Crippen molar-refractivity contribution in [1.29, 1.82) is 0 Å². The van der Waals surface area contributed by atoms with Gasteiger partial charge < -0.3 is 0 Å². The molecule has 15 heavy (non-hydrogen) atoms. The van der Waals surface area contributed by atoms with Gasteiger partial charge in [0.2, 0.25) is 0 Å². The van der Waals surface area contributed by atoms with E-state index in [1.165, 1.54) is 24.0 Å². The van der Waals surface area contributed by atoms with Crippen LogP contribution in [0.25, 0.3) is 0 Å². The first-order chi connectivity index (χ1) is 7.00. The van der Waals surface area contributed by atoms with Gasteiger partial charge in [0.25, 0.3) is 0 Å². The number of alkyl halides is 1. The molecular formula is C14H19Br. The molecule has 2 atom stereocenters. The lowest BCUT2D eigenvalue weighted by atomic mass is 9.99. The lowest BCUT2D eigenvalue weighted by molar-refractivity contribution is 0.545. The zero-order valence-electron chi connectivity index (χ0n) is 9.76. The Morgan fingerprint density at radius 1 is 1.40 bits per heavy atom. The van der Waals surface area contributed by atoms with Crippen LogP contribution in [0.4, 0.5) is 0 Å². The Kier molecular flexibility index (Phi) is 2.94. The van der Waals surface area contributed by atoms with Crippen molar-refractivity contribution in [2.75, 3.05) is 0 Å². The summed E-state index contributed by atoms with van der Waals surface area (Å²) in [4.78, 5) is 0.647. The second-order valence-corrected chi connectivity index (χ2v) is 6.62. The Morgan fingerprint density at radius 3 is 2.53 bits per heavy atom. The van der Waals surface area contributed by atoms with Crippen LogP contribution in [-0.2, 0) is 6.42 Å². The van der Waals surface area contributed by atoms with Crippen LogP contribution in [0, 0.1) is 18.3 Å². The number of aryl methyl sites for hydroxylation is 1. The third kappa shape index (κ3) is 2.44. The molecule has 82 valence electrons. The molecular weight excluding hydrogens is 248 g/mol. The van der Waals surface area contributed by atoms with E-state index in [-0.39, 0.29) is 0 Å². The fourth-order valence-corrected chi connectivity index (χ4v) is 3.57. The molecule has 1 aliphatic rings. The third-order valence-electron chi connectivity index (χ3n) is 3.70. The molecule has 1 fully saturated rings. The van der Waals surface area contributed by atoms with Crippen LogP contribution < -0.4 is 0 Å². The monoisotopic (exact) mass is 266 g/mol. The normalized spacial score (nSPS) is 24.9. The van der Waals surface area contributed by atoms with E-state index in [4.69, 9.17) is 0 Å². The van der Waals surface area contributed by atoms with E-state index in [1.807, 2.05) is 0 Å². The van der Waals surface area contributed by atoms with Gasteiger partial charge >= 0.3 is 0 Å². The summed E-state index contributed by atoms with van der Waals surface area (Å²) in [6, 6.07) is 8.70. The molecule has 1 aliphatic carbocycles. The average molecular weight is 267 g/mol. The first kappa shape index (κ1) is 11.2. The van der Waals surface area contributed by atoms with E-state index < -0.39 is 0 Å². The Labute approximate surface area is 101 Å². The minimum Gasteiger partial charge on any atom is -0.0884 e. The highest BCUT2D eigenvalue weighted by atomic mass is 79.9. The lowest BCUT2D eigenvalue weighted by Crippen LogP contribution is -2.10. The summed E-state index contributed by atoms with van der Waals surface area (Å²) in [6.07, 6.45) is 2.54. The van der Waals surface area contributed by atoms with Crippen LogP contribution in [-0.4, -0.2) is 4.83 Å². The van der Waals surface area contributed by atoms with Gasteiger partial charge in [0.15, 0.2) is 0 Å². The Balaban J connectivity index is 2.01. The molecule has 0 N–H and O–H groups in total. The van der Waals surface area contributed by atoms with E-state index in [0.717, 1.165) is 5.92 Å². The van der Waals surface area contributed by atoms with E-state index >= 15 is 0 Å². The Hall–Kier alpha value is -0.300. The molecule has 2 unspecified atom stereocenters. The molecule has 0 saturated heterocycles. The van der Waals surface area contributed by atoms with Crippen LogP contribution in [0.15, 0.2) is 24.3 Å². The van der Waals surface area contributed by atoms with E-state index in [0.29, 0.717) is 10.2 Å². The van der Waals surface area contributed by atoms with Crippen molar-refractivity contribution in [1.82, 2.24) is 0 Å². The van der Waals surface area contributed by atoms with Gasteiger partial charge in [0.05, 0.1) is 0 Å². The van der Waals surface area contributed by atoms with Crippen LogP contribution in [0.2, 0.25) is 0 Å². The maximum Gasteiger partial charge on any atom is 0.0219 e. The van der Waals surface area contributed by atoms with Gasteiger partial charge in [-0.2, -0.15) is 0 Å². The quantitative estimate of drug-likeness (QED) is 0.714. The third-order valence-corrected chi connectivity index (χ3v) is 4.66. The SMILES string of the molecule is Cc1ccccc1CC(Br)C1CC1(C)C. The summed E-state index contributed by atoms with van der Waals surface area (Å²) >= 11 is 3.85. The highest BCUT2D eigenvalue weighted by Crippen LogP contribution is 2.56. The van der Waals surface area contributed by atoms with Gasteiger partial charge in [-0.15, -0.1) is 0 Å². The van der Waals surface area contributed by atoms with E-state index in [1.54, 1.807) is 0 Å². The lowest BCUT2D eigenvalue weighted by Gasteiger charge is -2.13. The van der Waals surface area contributed by atoms with Crippen molar-refractivity contribution in [3.05, 3.63) is 35.4 Å². The standard InChI is InChI=1S/C14H19Br/c1-10-6-4-5-7-11(10)8-13(15)12-9-14(12,2)3/h4-7,12-13H,8-9H2,1-3H3. The smallest absolute Gasteiger partial charge is 0.0219 e. The van der Waals surface area contributed by atoms with Crippen molar-refractivity contribution in [3.63, 3.8) is 0 Å². The molecule has 2 rings (SSSR count). The van der Waals surface area contributed by atoms with Crippen LogP contribution in [0.5, 0.6) is 0 Å². The van der Waals surface area contributed by atoms with Crippen molar-refractivity contribution < 1.29 is 0 Å². The largest absolute Gasteiger partial charge is 0.0884 e. The maximum atomic E-state index is 3.85. The molecule has 0 bridgehead atoms. The first-order valence-electron chi connectivity index (χ1n) is 5.69. The number of hydrogen-bond acceptors (Lipinski definition) is 0. The molecule has 1 aromatic rings. The van der Waals surface area contributed by atoms with Gasteiger partial charge in [0, 0.05) is 4.83 Å². The van der Waals surface area contributed by atoms with Crippen molar-refractivity contribution in [2.45, 2.75) is 38.4 Å². The first-order valence-corrected chi connectivity index (χ1v) is 6.61. The molecule has 1 aromatic carbocycles. The fourth-order valence-electron chi connectivity index (χ4n) is 2.32. The predicted molar refractivity (Wildman–Crippen MR) is 69.5 cm³/mol. The topological polar surface area (TPSA) is 0 Å². The molecule has 0 amide bonds. The van der Waals surface area contributed by atoms with Crippen molar-refractivity contribution in [3.8, 4) is 0 Å². The summed E-state index contributed by atoms with van der Waals surface area (Å²) in [5.74, 6) is 0.858. The fraction of sp³-hybridized carbons (Fsp3) is 0.571. The maximum absolute atomic E-state index is 3.85. The molecule has 0 aliphatic heterocycles. The highest BCUT2D eigenvalue weighted by Gasteiger charge is 2.49. The van der Waals surface area contributed by atoms with Gasteiger partial charge in [0.1, 0.15) is 0 Å². The molecule has 0 aromatic heterocycles. The second kappa shape index (κ2) is 3.93. The minimum atomic E-state index is 0.566.